The third kappa shape index (κ3) is 4.38. The van der Waals surface area contributed by atoms with E-state index < -0.39 is 5.41 Å². The van der Waals surface area contributed by atoms with Crippen molar-refractivity contribution < 1.29 is 0 Å². The second kappa shape index (κ2) is 11.7. The minimum atomic E-state index is -0.432. The van der Waals surface area contributed by atoms with Crippen LogP contribution >= 0.6 is 0 Å². The first-order valence-electron chi connectivity index (χ1n) is 18.7. The van der Waals surface area contributed by atoms with Gasteiger partial charge in [0, 0.05) is 30.8 Å². The Morgan fingerprint density at radius 3 is 1.65 bits per heavy atom. The molecular weight excluding hydrogens is 673 g/mol. The minimum Gasteiger partial charge on any atom is -0.295 e. The Kier molecular flexibility index (Phi) is 6.68. The lowest BCUT2D eigenvalue weighted by atomic mass is 9.70. The zero-order valence-corrected chi connectivity index (χ0v) is 30.4. The zero-order valence-electron chi connectivity index (χ0n) is 30.4. The van der Waals surface area contributed by atoms with Gasteiger partial charge in [0.1, 0.15) is 0 Å². The van der Waals surface area contributed by atoms with Crippen LogP contribution in [0.1, 0.15) is 22.3 Å². The van der Waals surface area contributed by atoms with Gasteiger partial charge in [-0.2, -0.15) is 0 Å². The second-order valence-electron chi connectivity index (χ2n) is 14.6. The van der Waals surface area contributed by atoms with Crippen LogP contribution in [0.4, 0.5) is 0 Å². The molecule has 5 nitrogen and oxygen atoms in total. The highest BCUT2D eigenvalue weighted by Crippen LogP contribution is 2.63. The molecule has 0 fully saturated rings. The van der Waals surface area contributed by atoms with Gasteiger partial charge in [-0.15, -0.1) is 0 Å². The van der Waals surface area contributed by atoms with Crippen molar-refractivity contribution in [3.05, 3.63) is 203 Å². The van der Waals surface area contributed by atoms with E-state index in [1.165, 1.54) is 44.5 Å². The molecule has 0 aliphatic heterocycles. The highest BCUT2D eigenvalue weighted by atomic mass is 16.1. The molecule has 2 aromatic heterocycles. The van der Waals surface area contributed by atoms with E-state index in [1.54, 1.807) is 9.13 Å². The molecule has 0 saturated heterocycles. The molecule has 9 aromatic rings. The average Bonchev–Trinajstić information content (AvgIpc) is 3.81. The highest BCUT2D eigenvalue weighted by molar-refractivity contribution is 5.99. The van der Waals surface area contributed by atoms with Crippen LogP contribution in [0.5, 0.6) is 0 Å². The molecule has 0 N–H and O–H groups in total. The van der Waals surface area contributed by atoms with Gasteiger partial charge in [0.15, 0.2) is 5.82 Å². The summed E-state index contributed by atoms with van der Waals surface area (Å²) in [5.74, 6) is 0.683. The van der Waals surface area contributed by atoms with Gasteiger partial charge in [-0.1, -0.05) is 152 Å². The Hall–Kier alpha value is -7.11. The third-order valence-corrected chi connectivity index (χ3v) is 11.8. The van der Waals surface area contributed by atoms with Crippen LogP contribution < -0.4 is 5.69 Å². The fourth-order valence-electron chi connectivity index (χ4n) is 9.33. The molecule has 11 rings (SSSR count). The van der Waals surface area contributed by atoms with Gasteiger partial charge in [-0.05, 0) is 73.8 Å². The van der Waals surface area contributed by atoms with Crippen molar-refractivity contribution in [1.29, 1.82) is 0 Å². The second-order valence-corrected chi connectivity index (χ2v) is 14.6. The maximum atomic E-state index is 12.6. The van der Waals surface area contributed by atoms with Crippen molar-refractivity contribution in [2.75, 3.05) is 0 Å². The molecule has 0 radical (unpaired) electrons. The molecule has 7 aromatic carbocycles. The van der Waals surface area contributed by atoms with Gasteiger partial charge in [0.25, 0.3) is 0 Å². The highest BCUT2D eigenvalue weighted by Gasteiger charge is 2.52. The first-order valence-corrected chi connectivity index (χ1v) is 18.7. The Morgan fingerprint density at radius 1 is 0.418 bits per heavy atom. The van der Waals surface area contributed by atoms with Gasteiger partial charge in [-0.25, -0.2) is 14.8 Å². The Labute approximate surface area is 318 Å². The smallest absolute Gasteiger partial charge is 0.295 e. The van der Waals surface area contributed by atoms with Crippen molar-refractivity contribution in [2.45, 2.75) is 5.41 Å². The van der Waals surface area contributed by atoms with Gasteiger partial charge < -0.3 is 0 Å². The summed E-state index contributed by atoms with van der Waals surface area (Å²) >= 11 is 0. The maximum Gasteiger partial charge on any atom is 0.328 e. The molecule has 0 bridgehead atoms. The molecular formula is C50H34N4O. The summed E-state index contributed by atoms with van der Waals surface area (Å²) in [7, 11) is 3.63. The van der Waals surface area contributed by atoms with Crippen molar-refractivity contribution in [3.63, 3.8) is 0 Å². The Balaban J connectivity index is 1.10. The molecule has 2 aliphatic rings. The average molecular weight is 707 g/mol. The van der Waals surface area contributed by atoms with Crippen molar-refractivity contribution >= 4 is 11.0 Å². The molecule has 55 heavy (non-hydrogen) atoms. The van der Waals surface area contributed by atoms with E-state index >= 15 is 0 Å². The zero-order chi connectivity index (χ0) is 36.8. The van der Waals surface area contributed by atoms with E-state index in [2.05, 4.69) is 146 Å². The summed E-state index contributed by atoms with van der Waals surface area (Å²) in [5.41, 5.74) is 18.5. The van der Waals surface area contributed by atoms with Crippen LogP contribution in [0.25, 0.3) is 78.3 Å². The molecule has 0 saturated carbocycles. The van der Waals surface area contributed by atoms with Crippen LogP contribution in [0.15, 0.2) is 175 Å². The van der Waals surface area contributed by atoms with Gasteiger partial charge in [0.05, 0.1) is 27.8 Å². The molecule has 260 valence electrons. The van der Waals surface area contributed by atoms with Crippen LogP contribution in [-0.4, -0.2) is 19.1 Å². The molecule has 2 aliphatic carbocycles. The van der Waals surface area contributed by atoms with Crippen LogP contribution in [0, 0.1) is 0 Å². The lowest BCUT2D eigenvalue weighted by Gasteiger charge is -2.30. The number of hydrogen-bond acceptors (Lipinski definition) is 3. The van der Waals surface area contributed by atoms with Crippen LogP contribution in [0.3, 0.4) is 0 Å². The molecule has 0 amide bonds. The first kappa shape index (κ1) is 31.4. The van der Waals surface area contributed by atoms with E-state index in [0.29, 0.717) is 5.82 Å². The van der Waals surface area contributed by atoms with Crippen LogP contribution in [0.2, 0.25) is 0 Å². The van der Waals surface area contributed by atoms with Crippen molar-refractivity contribution in [1.82, 2.24) is 19.1 Å². The van der Waals surface area contributed by atoms with E-state index in [-0.39, 0.29) is 5.69 Å². The lowest BCUT2D eigenvalue weighted by molar-refractivity contribution is 0.794. The first-order chi connectivity index (χ1) is 27.0. The number of imidazole rings is 1. The number of benzene rings is 7. The summed E-state index contributed by atoms with van der Waals surface area (Å²) < 4.78 is 3.39. The van der Waals surface area contributed by atoms with E-state index in [1.807, 2.05) is 38.4 Å². The van der Waals surface area contributed by atoms with E-state index in [4.69, 9.17) is 9.97 Å². The third-order valence-electron chi connectivity index (χ3n) is 11.8. The standard InChI is InChI=1S/C50H34N4O/c1-53-45-28-27-34(29-46(45)54(2)49(53)55)31-23-25-32(26-24-31)43-30-44(52-48(51-43)33-13-4-3-5-14-33)38-18-12-22-42-47(38)37-17-8-11-21-41(37)50(42)39-19-9-6-15-35(39)36-16-7-10-20-40(36)50/h3-30H,1-2H3. The number of nitrogens with zero attached hydrogens (tertiary/aromatic N) is 4. The number of rotatable bonds is 4. The summed E-state index contributed by atoms with van der Waals surface area (Å²) in [4.78, 5) is 23.1. The predicted octanol–water partition coefficient (Wildman–Crippen LogP) is 10.7. The Bertz CT molecular complexity index is 3040. The summed E-state index contributed by atoms with van der Waals surface area (Å²) in [6.07, 6.45) is 0. The number of aryl methyl sites for hydroxylation is 2. The van der Waals surface area contributed by atoms with Gasteiger partial charge in [-0.3, -0.25) is 9.13 Å². The molecule has 5 heteroatoms. The monoisotopic (exact) mass is 706 g/mol. The maximum absolute atomic E-state index is 12.6. The predicted molar refractivity (Wildman–Crippen MR) is 222 cm³/mol. The molecule has 1 spiro atoms. The lowest BCUT2D eigenvalue weighted by Crippen LogP contribution is -2.25. The number of hydrogen-bond donors (Lipinski definition) is 0. The summed E-state index contributed by atoms with van der Waals surface area (Å²) in [6.45, 7) is 0. The van der Waals surface area contributed by atoms with Gasteiger partial charge >= 0.3 is 5.69 Å². The molecule has 0 unspecified atom stereocenters. The minimum absolute atomic E-state index is 0.0307. The van der Waals surface area contributed by atoms with Gasteiger partial charge in [0.2, 0.25) is 0 Å². The van der Waals surface area contributed by atoms with E-state index in [0.717, 1.165) is 50.2 Å². The summed E-state index contributed by atoms with van der Waals surface area (Å²) in [5, 5.41) is 0. The fourth-order valence-corrected chi connectivity index (χ4v) is 9.33. The van der Waals surface area contributed by atoms with Crippen LogP contribution in [-0.2, 0) is 19.5 Å². The molecule has 2 heterocycles. The van der Waals surface area contributed by atoms with E-state index in [9.17, 15) is 4.79 Å². The summed E-state index contributed by atoms with van der Waals surface area (Å²) in [6, 6.07) is 60.6. The normalized spacial score (nSPS) is 13.1. The Morgan fingerprint density at radius 2 is 0.945 bits per heavy atom. The number of aromatic nitrogens is 4. The largest absolute Gasteiger partial charge is 0.328 e. The molecule has 0 atom stereocenters. The fraction of sp³-hybridized carbons (Fsp3) is 0.0600. The SMILES string of the molecule is Cn1c(=O)n(C)c2cc(-c3ccc(-c4cc(-c5cccc6c5-c5ccccc5C65c6ccccc6-c6ccccc65)nc(-c5ccccc5)n4)cc3)ccc21. The van der Waals surface area contributed by atoms with Crippen molar-refractivity contribution in [2.24, 2.45) is 14.1 Å². The number of fused-ring (bicyclic) bond motifs is 11. The quantitative estimate of drug-likeness (QED) is 0.183. The topological polar surface area (TPSA) is 52.7 Å². The van der Waals surface area contributed by atoms with Crippen molar-refractivity contribution in [3.8, 4) is 67.3 Å².